The van der Waals surface area contributed by atoms with Gasteiger partial charge in [0.1, 0.15) is 28.4 Å². The lowest BCUT2D eigenvalue weighted by Gasteiger charge is -2.40. The molecule has 1 aliphatic heterocycles. The molecule has 0 bridgehead atoms. The zero-order valence-corrected chi connectivity index (χ0v) is 19.6. The molecule has 32 heavy (non-hydrogen) atoms. The number of halogens is 3. The Bertz CT molecular complexity index is 1130. The second-order valence-electron chi connectivity index (χ2n) is 8.65. The van der Waals surface area contributed by atoms with E-state index in [0.29, 0.717) is 24.3 Å². The van der Waals surface area contributed by atoms with E-state index in [1.807, 2.05) is 19.0 Å². The smallest absolute Gasteiger partial charge is 0.188 e. The number of aliphatic imine (C=N–C) groups is 1. The van der Waals surface area contributed by atoms with Gasteiger partial charge in [-0.3, -0.25) is 4.99 Å². The van der Waals surface area contributed by atoms with Crippen molar-refractivity contribution in [2.24, 2.45) is 10.9 Å². The van der Waals surface area contributed by atoms with Crippen LogP contribution in [0.25, 0.3) is 0 Å². The van der Waals surface area contributed by atoms with Gasteiger partial charge in [-0.2, -0.15) is 0 Å². The first-order valence-electron chi connectivity index (χ1n) is 10.6. The zero-order chi connectivity index (χ0) is 23.1. The van der Waals surface area contributed by atoms with E-state index >= 15 is 0 Å². The van der Waals surface area contributed by atoms with Crippen molar-refractivity contribution in [3.05, 3.63) is 64.7 Å². The fourth-order valence-electron chi connectivity index (χ4n) is 4.73. The van der Waals surface area contributed by atoms with Gasteiger partial charge in [0.15, 0.2) is 9.84 Å². The molecule has 1 unspecified atom stereocenters. The Balaban J connectivity index is 1.68. The van der Waals surface area contributed by atoms with Gasteiger partial charge in [-0.1, -0.05) is 11.6 Å². The summed E-state index contributed by atoms with van der Waals surface area (Å²) in [6.45, 7) is 1.98. The summed E-state index contributed by atoms with van der Waals surface area (Å²) in [5.74, 6) is -0.296. The van der Waals surface area contributed by atoms with Gasteiger partial charge in [0.25, 0.3) is 0 Å². The summed E-state index contributed by atoms with van der Waals surface area (Å²) in [7, 11) is -2.11. The number of nitrogens with one attached hydrogen (secondary N) is 1. The second-order valence-corrected chi connectivity index (χ2v) is 11.3. The quantitative estimate of drug-likeness (QED) is 0.648. The van der Waals surface area contributed by atoms with Gasteiger partial charge in [0, 0.05) is 24.1 Å². The minimum absolute atomic E-state index is 0.0411. The first-order valence-corrected chi connectivity index (χ1v) is 12.5. The Hall–Kier alpha value is -2.03. The van der Waals surface area contributed by atoms with Gasteiger partial charge in [-0.25, -0.2) is 22.2 Å². The fraction of sp³-hybridized carbons (Fsp3) is 0.435. The van der Waals surface area contributed by atoms with Gasteiger partial charge in [-0.15, -0.1) is 0 Å². The van der Waals surface area contributed by atoms with Crippen LogP contribution in [0.1, 0.15) is 44.6 Å². The third-order valence-corrected chi connectivity index (χ3v) is 9.46. The molecule has 4 rings (SSSR count). The van der Waals surface area contributed by atoms with Crippen molar-refractivity contribution in [3.63, 3.8) is 0 Å². The number of amidine groups is 1. The maximum Gasteiger partial charge on any atom is 0.188 e. The van der Waals surface area contributed by atoms with Crippen molar-refractivity contribution >= 4 is 27.3 Å². The van der Waals surface area contributed by atoms with E-state index < -0.39 is 26.2 Å². The van der Waals surface area contributed by atoms with Crippen molar-refractivity contribution in [3.8, 4) is 0 Å². The molecule has 0 amide bonds. The Labute approximate surface area is 192 Å². The molecular formula is C23H26ClF2N3O2S. The highest BCUT2D eigenvalue weighted by Gasteiger charge is 2.50. The van der Waals surface area contributed by atoms with Crippen molar-refractivity contribution in [2.45, 2.75) is 54.8 Å². The lowest BCUT2D eigenvalue weighted by Crippen LogP contribution is -2.41. The third-order valence-electron chi connectivity index (χ3n) is 6.66. The number of sulfone groups is 1. The first kappa shape index (κ1) is 23.1. The van der Waals surface area contributed by atoms with Crippen LogP contribution in [-0.4, -0.2) is 32.5 Å². The summed E-state index contributed by atoms with van der Waals surface area (Å²) in [6, 6.07) is 8.89. The number of hydrazine groups is 1. The summed E-state index contributed by atoms with van der Waals surface area (Å²) in [4.78, 5) is 4.64. The standard InChI is InChI=1S/C23H26ClF2N3O2S/c1-15-27-22(28-29(15)2)13-16-9-11-23(12-10-16,20-14-18(25)5-8-21(20)26)32(30,31)19-6-3-17(24)4-7-19/h3-8,14-16H,9-13H2,1-2H3,(H,27,28). The Morgan fingerprint density at radius 3 is 2.41 bits per heavy atom. The van der Waals surface area contributed by atoms with Crippen molar-refractivity contribution in [1.29, 1.82) is 0 Å². The molecule has 0 aromatic heterocycles. The van der Waals surface area contributed by atoms with Crippen molar-refractivity contribution < 1.29 is 17.2 Å². The highest BCUT2D eigenvalue weighted by Crippen LogP contribution is 2.50. The van der Waals surface area contributed by atoms with Crippen LogP contribution in [0.15, 0.2) is 52.4 Å². The molecule has 9 heteroatoms. The average molecular weight is 482 g/mol. The summed E-state index contributed by atoms with van der Waals surface area (Å²) in [5, 5.41) is 2.32. The van der Waals surface area contributed by atoms with Crippen molar-refractivity contribution in [2.75, 3.05) is 7.05 Å². The first-order chi connectivity index (χ1) is 15.1. The SMILES string of the molecule is CC1N=C(CC2CCC(c3cc(F)ccc3F)(S(=O)(=O)c3ccc(Cl)cc3)CC2)NN1C. The number of benzene rings is 2. The monoisotopic (exact) mass is 481 g/mol. The van der Waals surface area contributed by atoms with Crippen LogP contribution in [0.2, 0.25) is 5.02 Å². The largest absolute Gasteiger partial charge is 0.305 e. The van der Waals surface area contributed by atoms with E-state index in [-0.39, 0.29) is 35.4 Å². The van der Waals surface area contributed by atoms with Gasteiger partial charge >= 0.3 is 0 Å². The molecule has 172 valence electrons. The molecule has 0 saturated heterocycles. The normalized spacial score (nSPS) is 26.6. The summed E-state index contributed by atoms with van der Waals surface area (Å²) < 4.78 is 55.2. The molecule has 1 saturated carbocycles. The van der Waals surface area contributed by atoms with Gasteiger partial charge in [0.2, 0.25) is 0 Å². The lowest BCUT2D eigenvalue weighted by atomic mass is 9.76. The maximum atomic E-state index is 14.9. The highest BCUT2D eigenvalue weighted by molar-refractivity contribution is 7.92. The van der Waals surface area contributed by atoms with Gasteiger partial charge < -0.3 is 5.43 Å². The van der Waals surface area contributed by atoms with E-state index in [4.69, 9.17) is 11.6 Å². The topological polar surface area (TPSA) is 61.8 Å². The Morgan fingerprint density at radius 2 is 1.81 bits per heavy atom. The number of nitrogens with zero attached hydrogens (tertiary/aromatic N) is 2. The Morgan fingerprint density at radius 1 is 1.16 bits per heavy atom. The molecule has 0 radical (unpaired) electrons. The Kier molecular flexibility index (Phi) is 6.31. The maximum absolute atomic E-state index is 14.9. The lowest BCUT2D eigenvalue weighted by molar-refractivity contribution is 0.251. The van der Waals surface area contributed by atoms with E-state index in [1.165, 1.54) is 24.3 Å². The molecule has 1 fully saturated rings. The molecule has 5 nitrogen and oxygen atoms in total. The van der Waals surface area contributed by atoms with Crippen LogP contribution in [-0.2, 0) is 14.6 Å². The summed E-state index contributed by atoms with van der Waals surface area (Å²) in [5.41, 5.74) is 3.12. The van der Waals surface area contributed by atoms with Crippen LogP contribution in [0.5, 0.6) is 0 Å². The number of hydrogen-bond donors (Lipinski definition) is 1. The zero-order valence-electron chi connectivity index (χ0n) is 18.0. The minimum atomic E-state index is -4.02. The molecule has 1 heterocycles. The van der Waals surface area contributed by atoms with Gasteiger partial charge in [0.05, 0.1) is 4.90 Å². The van der Waals surface area contributed by atoms with Crippen LogP contribution >= 0.6 is 11.6 Å². The third kappa shape index (κ3) is 4.16. The van der Waals surface area contributed by atoms with Crippen LogP contribution in [0.3, 0.4) is 0 Å². The van der Waals surface area contributed by atoms with E-state index in [2.05, 4.69) is 10.4 Å². The summed E-state index contributed by atoms with van der Waals surface area (Å²) >= 11 is 5.94. The van der Waals surface area contributed by atoms with E-state index in [1.54, 1.807) is 0 Å². The van der Waals surface area contributed by atoms with E-state index in [9.17, 15) is 17.2 Å². The minimum Gasteiger partial charge on any atom is -0.305 e. The fourth-order valence-corrected chi connectivity index (χ4v) is 7.02. The molecule has 2 aliphatic rings. The molecule has 1 aliphatic carbocycles. The van der Waals surface area contributed by atoms with E-state index in [0.717, 1.165) is 24.0 Å². The highest BCUT2D eigenvalue weighted by atomic mass is 35.5. The predicted molar refractivity (Wildman–Crippen MR) is 121 cm³/mol. The molecule has 2 aromatic carbocycles. The average Bonchev–Trinajstić information content (AvgIpc) is 3.07. The second kappa shape index (κ2) is 8.72. The summed E-state index contributed by atoms with van der Waals surface area (Å²) in [6.07, 6.45) is 2.24. The van der Waals surface area contributed by atoms with Crippen LogP contribution < -0.4 is 5.43 Å². The van der Waals surface area contributed by atoms with Gasteiger partial charge in [-0.05, 0) is 81.0 Å². The molecular weight excluding hydrogens is 456 g/mol. The number of rotatable bonds is 5. The van der Waals surface area contributed by atoms with Crippen LogP contribution in [0.4, 0.5) is 8.78 Å². The number of hydrogen-bond acceptors (Lipinski definition) is 5. The molecule has 0 spiro atoms. The van der Waals surface area contributed by atoms with Crippen molar-refractivity contribution in [1.82, 2.24) is 10.4 Å². The van der Waals surface area contributed by atoms with Crippen LogP contribution in [0, 0.1) is 17.6 Å². The molecule has 1 atom stereocenters. The predicted octanol–water partition coefficient (Wildman–Crippen LogP) is 5.06. The molecule has 2 aromatic rings. The molecule has 1 N–H and O–H groups in total.